The van der Waals surface area contributed by atoms with Crippen molar-refractivity contribution < 1.29 is 4.79 Å². The van der Waals surface area contributed by atoms with Gasteiger partial charge in [0.15, 0.2) is 5.82 Å². The molecule has 5 rings (SSSR count). The quantitative estimate of drug-likeness (QED) is 0.399. The third-order valence-corrected chi connectivity index (χ3v) is 6.40. The molecule has 2 heterocycles. The Morgan fingerprint density at radius 2 is 1.80 bits per heavy atom. The zero-order valence-electron chi connectivity index (χ0n) is 16.4. The van der Waals surface area contributed by atoms with Crippen molar-refractivity contribution in [1.29, 1.82) is 0 Å². The van der Waals surface area contributed by atoms with Gasteiger partial charge in [0.2, 0.25) is 11.1 Å². The Morgan fingerprint density at radius 1 is 1.00 bits per heavy atom. The molecule has 7 heteroatoms. The second-order valence-electron chi connectivity index (χ2n) is 7.30. The molecule has 0 saturated carbocycles. The number of thioether (sulfide) groups is 1. The fraction of sp³-hybridized carbons (Fsp3) is 0.174. The number of hydrogen-bond acceptors (Lipinski definition) is 5. The number of nitrogen functional groups attached to an aromatic ring is 1. The van der Waals surface area contributed by atoms with Crippen molar-refractivity contribution in [3.05, 3.63) is 83.7 Å². The molecule has 30 heavy (non-hydrogen) atoms. The summed E-state index contributed by atoms with van der Waals surface area (Å²) in [6.45, 7) is 0.723. The molecule has 1 aliphatic rings. The fourth-order valence-corrected chi connectivity index (χ4v) is 4.70. The van der Waals surface area contributed by atoms with Crippen molar-refractivity contribution in [2.75, 3.05) is 23.0 Å². The molecule has 0 unspecified atom stereocenters. The van der Waals surface area contributed by atoms with Crippen molar-refractivity contribution in [1.82, 2.24) is 14.9 Å². The molecule has 1 aliphatic heterocycles. The van der Waals surface area contributed by atoms with E-state index in [-0.39, 0.29) is 11.7 Å². The Morgan fingerprint density at radius 3 is 2.73 bits per heavy atom. The second-order valence-corrected chi connectivity index (χ2v) is 8.24. The first-order chi connectivity index (χ1) is 14.7. The van der Waals surface area contributed by atoms with Gasteiger partial charge in [-0.3, -0.25) is 4.79 Å². The Labute approximate surface area is 178 Å². The van der Waals surface area contributed by atoms with Crippen LogP contribution >= 0.6 is 11.8 Å². The standard InChI is InChI=1S/C23H21N5OS/c24-28-21(14-18-9-5-8-16-6-1-3-10-19(16)18)25-26-23(28)30-15-22(29)27-13-12-17-7-2-4-11-20(17)27/h1-11H,12-15,24H2. The molecule has 0 saturated heterocycles. The number of para-hydroxylation sites is 1. The molecule has 150 valence electrons. The highest BCUT2D eigenvalue weighted by molar-refractivity contribution is 7.99. The van der Waals surface area contributed by atoms with Crippen LogP contribution in [0.2, 0.25) is 0 Å². The number of nitrogens with two attached hydrogens (primary N) is 1. The van der Waals surface area contributed by atoms with E-state index in [0.29, 0.717) is 17.4 Å². The number of aromatic nitrogens is 3. The summed E-state index contributed by atoms with van der Waals surface area (Å²) in [6.07, 6.45) is 1.48. The van der Waals surface area contributed by atoms with Crippen molar-refractivity contribution in [3.63, 3.8) is 0 Å². The van der Waals surface area contributed by atoms with Crippen LogP contribution in [0.25, 0.3) is 10.8 Å². The SMILES string of the molecule is Nn1c(Cc2cccc3ccccc23)nnc1SCC(=O)N1CCc2ccccc21. The first-order valence-electron chi connectivity index (χ1n) is 9.88. The lowest BCUT2D eigenvalue weighted by Crippen LogP contribution is -2.30. The molecule has 0 atom stereocenters. The predicted molar refractivity (Wildman–Crippen MR) is 120 cm³/mol. The van der Waals surface area contributed by atoms with Crippen LogP contribution < -0.4 is 10.7 Å². The van der Waals surface area contributed by atoms with Gasteiger partial charge < -0.3 is 10.7 Å². The maximum Gasteiger partial charge on any atom is 0.237 e. The molecular formula is C23H21N5OS. The van der Waals surface area contributed by atoms with Crippen molar-refractivity contribution in [2.24, 2.45) is 0 Å². The highest BCUT2D eigenvalue weighted by Gasteiger charge is 2.24. The topological polar surface area (TPSA) is 77.0 Å². The van der Waals surface area contributed by atoms with E-state index in [1.165, 1.54) is 32.8 Å². The van der Waals surface area contributed by atoms with E-state index in [1.54, 1.807) is 0 Å². The van der Waals surface area contributed by atoms with Gasteiger partial charge >= 0.3 is 0 Å². The first-order valence-corrected chi connectivity index (χ1v) is 10.9. The Kier molecular flexibility index (Phi) is 4.88. The van der Waals surface area contributed by atoms with Crippen LogP contribution in [0.5, 0.6) is 0 Å². The molecule has 3 aromatic carbocycles. The Balaban J connectivity index is 1.29. The summed E-state index contributed by atoms with van der Waals surface area (Å²) >= 11 is 1.32. The number of anilines is 1. The third kappa shape index (κ3) is 3.41. The Hall–Kier alpha value is -3.32. The lowest BCUT2D eigenvalue weighted by molar-refractivity contribution is -0.116. The van der Waals surface area contributed by atoms with Crippen molar-refractivity contribution >= 4 is 34.1 Å². The van der Waals surface area contributed by atoms with Crippen molar-refractivity contribution in [3.8, 4) is 0 Å². The molecule has 0 bridgehead atoms. The van der Waals surface area contributed by atoms with Crippen LogP contribution in [0.3, 0.4) is 0 Å². The second kappa shape index (κ2) is 7.84. The van der Waals surface area contributed by atoms with Gasteiger partial charge in [-0.2, -0.15) is 0 Å². The molecule has 1 aromatic heterocycles. The van der Waals surface area contributed by atoms with Crippen LogP contribution in [0.1, 0.15) is 17.0 Å². The van der Waals surface area contributed by atoms with E-state index in [9.17, 15) is 4.79 Å². The molecule has 6 nitrogen and oxygen atoms in total. The molecule has 4 aromatic rings. The average molecular weight is 416 g/mol. The fourth-order valence-electron chi connectivity index (χ4n) is 3.94. The minimum atomic E-state index is 0.0588. The van der Waals surface area contributed by atoms with E-state index < -0.39 is 0 Å². The van der Waals surface area contributed by atoms with E-state index in [2.05, 4.69) is 40.5 Å². The largest absolute Gasteiger partial charge is 0.336 e. The smallest absolute Gasteiger partial charge is 0.237 e. The zero-order chi connectivity index (χ0) is 20.5. The van der Waals surface area contributed by atoms with Gasteiger partial charge in [0, 0.05) is 18.7 Å². The van der Waals surface area contributed by atoms with E-state index in [4.69, 9.17) is 5.84 Å². The molecule has 0 aliphatic carbocycles. The minimum absolute atomic E-state index is 0.0588. The Bertz CT molecular complexity index is 1230. The number of amides is 1. The maximum atomic E-state index is 12.7. The number of benzene rings is 3. The number of carbonyl (C=O) groups excluding carboxylic acids is 1. The summed E-state index contributed by atoms with van der Waals surface area (Å²) in [7, 11) is 0. The van der Waals surface area contributed by atoms with E-state index >= 15 is 0 Å². The van der Waals surface area contributed by atoms with Gasteiger partial charge in [-0.05, 0) is 34.4 Å². The highest BCUT2D eigenvalue weighted by atomic mass is 32.2. The predicted octanol–water partition coefficient (Wildman–Crippen LogP) is 3.42. The first kappa shape index (κ1) is 18.7. The van der Waals surface area contributed by atoms with Crippen LogP contribution in [0, 0.1) is 0 Å². The molecular weight excluding hydrogens is 394 g/mol. The number of hydrogen-bond donors (Lipinski definition) is 1. The summed E-state index contributed by atoms with van der Waals surface area (Å²) in [4.78, 5) is 14.6. The number of nitrogens with zero attached hydrogens (tertiary/aromatic N) is 4. The average Bonchev–Trinajstić information content (AvgIpc) is 3.36. The van der Waals surface area contributed by atoms with Gasteiger partial charge in [0.1, 0.15) is 0 Å². The number of rotatable bonds is 5. The zero-order valence-corrected chi connectivity index (χ0v) is 17.2. The van der Waals surface area contributed by atoms with E-state index in [1.807, 2.05) is 41.3 Å². The molecule has 1 amide bonds. The van der Waals surface area contributed by atoms with Crippen LogP contribution in [-0.2, 0) is 17.6 Å². The molecule has 0 spiro atoms. The van der Waals surface area contributed by atoms with Crippen LogP contribution in [-0.4, -0.2) is 33.1 Å². The summed E-state index contributed by atoms with van der Waals surface area (Å²) in [5.41, 5.74) is 3.37. The van der Waals surface area contributed by atoms with Gasteiger partial charge in [-0.1, -0.05) is 72.4 Å². The lowest BCUT2D eigenvalue weighted by Gasteiger charge is -2.16. The summed E-state index contributed by atoms with van der Waals surface area (Å²) in [6, 6.07) is 22.5. The van der Waals surface area contributed by atoms with Crippen LogP contribution in [0.15, 0.2) is 71.9 Å². The number of carbonyl (C=O) groups is 1. The number of fused-ring (bicyclic) bond motifs is 2. The maximum absolute atomic E-state index is 12.7. The van der Waals surface area contributed by atoms with Crippen LogP contribution in [0.4, 0.5) is 5.69 Å². The van der Waals surface area contributed by atoms with Crippen molar-refractivity contribution in [2.45, 2.75) is 18.0 Å². The highest BCUT2D eigenvalue weighted by Crippen LogP contribution is 2.29. The monoisotopic (exact) mass is 415 g/mol. The minimum Gasteiger partial charge on any atom is -0.336 e. The molecule has 0 radical (unpaired) electrons. The lowest BCUT2D eigenvalue weighted by atomic mass is 10.0. The van der Waals surface area contributed by atoms with Gasteiger partial charge in [-0.25, -0.2) is 4.68 Å². The normalized spacial score (nSPS) is 13.0. The van der Waals surface area contributed by atoms with Gasteiger partial charge in [0.25, 0.3) is 0 Å². The van der Waals surface area contributed by atoms with E-state index in [0.717, 1.165) is 24.2 Å². The third-order valence-electron chi connectivity index (χ3n) is 5.48. The van der Waals surface area contributed by atoms with Gasteiger partial charge in [0.05, 0.1) is 5.75 Å². The summed E-state index contributed by atoms with van der Waals surface area (Å²) in [5, 5.41) is 11.4. The summed E-state index contributed by atoms with van der Waals surface area (Å²) < 4.78 is 1.50. The molecule has 2 N–H and O–H groups in total. The molecule has 0 fully saturated rings. The summed E-state index contributed by atoms with van der Waals surface area (Å²) in [5.74, 6) is 7.27. The van der Waals surface area contributed by atoms with Gasteiger partial charge in [-0.15, -0.1) is 10.2 Å².